The van der Waals surface area contributed by atoms with Gasteiger partial charge < -0.3 is 39.0 Å². The van der Waals surface area contributed by atoms with Gasteiger partial charge >= 0.3 is 23.9 Å². The lowest BCUT2D eigenvalue weighted by atomic mass is 9.98. The van der Waals surface area contributed by atoms with Gasteiger partial charge in [0, 0.05) is 19.3 Å². The molecule has 1 aliphatic heterocycles. The number of aliphatic hydroxyl groups is 2. The van der Waals surface area contributed by atoms with Crippen molar-refractivity contribution in [2.75, 3.05) is 13.2 Å². The lowest BCUT2D eigenvalue weighted by Gasteiger charge is -2.40. The van der Waals surface area contributed by atoms with Crippen molar-refractivity contribution >= 4 is 23.9 Å². The second kappa shape index (κ2) is 59.7. The van der Waals surface area contributed by atoms with Gasteiger partial charge in [0.2, 0.25) is 0 Å². The molecule has 6 unspecified atom stereocenters. The van der Waals surface area contributed by atoms with Crippen LogP contribution in [0.4, 0.5) is 0 Å². The fourth-order valence-corrected chi connectivity index (χ4v) is 9.63. The molecule has 0 saturated carbocycles. The first-order chi connectivity index (χ1) is 41.6. The Kier molecular flexibility index (Phi) is 55.1. The number of carbonyl (C=O) groups is 4. The number of allylic oxidation sites excluding steroid dienone is 18. The molecule has 0 aromatic heterocycles. The minimum Gasteiger partial charge on any atom is -0.479 e. The monoisotopic (exact) mass is 1190 g/mol. The number of hydrogen-bond acceptors (Lipinski definition) is 11. The fourth-order valence-electron chi connectivity index (χ4n) is 9.63. The van der Waals surface area contributed by atoms with Crippen molar-refractivity contribution in [2.24, 2.45) is 0 Å². The van der Waals surface area contributed by atoms with Crippen LogP contribution in [0.3, 0.4) is 0 Å². The Bertz CT molecular complexity index is 1890. The lowest BCUT2D eigenvalue weighted by molar-refractivity contribution is -0.301. The first-order valence-corrected chi connectivity index (χ1v) is 33.9. The molecule has 85 heavy (non-hydrogen) atoms. The minimum absolute atomic E-state index is 0.0434. The molecule has 0 bridgehead atoms. The van der Waals surface area contributed by atoms with Crippen molar-refractivity contribution in [3.63, 3.8) is 0 Å². The molecule has 0 aromatic rings. The van der Waals surface area contributed by atoms with E-state index in [1.807, 2.05) is 0 Å². The SMILES string of the molecule is CC/C=C\C/C=C\C/C=C\C/C=C\C/C=C\CCCCCC(=O)OCC(COC1OC(C(=O)O)C(O)C(O)C1OC(=O)CCCCCCCCC/C=C\C/C=C\CCCCC)OC(=O)CCCCCCCCCCC/C=C\C/C=C\CCCCC. The highest BCUT2D eigenvalue weighted by Gasteiger charge is 2.50. The Labute approximate surface area is 516 Å². The number of hydrogen-bond donors (Lipinski definition) is 3. The van der Waals surface area contributed by atoms with Crippen LogP contribution < -0.4 is 0 Å². The van der Waals surface area contributed by atoms with E-state index < -0.39 is 67.3 Å². The van der Waals surface area contributed by atoms with Gasteiger partial charge in [0.1, 0.15) is 18.8 Å². The molecule has 0 amide bonds. The van der Waals surface area contributed by atoms with Crippen LogP contribution in [0.25, 0.3) is 0 Å². The van der Waals surface area contributed by atoms with Crippen LogP contribution in [0.1, 0.15) is 278 Å². The molecule has 0 spiro atoms. The predicted octanol–water partition coefficient (Wildman–Crippen LogP) is 18.6. The topological polar surface area (TPSA) is 175 Å². The maximum atomic E-state index is 13.2. The summed E-state index contributed by atoms with van der Waals surface area (Å²) in [4.78, 5) is 51.4. The third-order valence-electron chi connectivity index (χ3n) is 14.8. The Balaban J connectivity index is 2.69. The largest absolute Gasteiger partial charge is 0.479 e. The Morgan fingerprint density at radius 1 is 0.400 bits per heavy atom. The molecular formula is C73H120O12. The van der Waals surface area contributed by atoms with Crippen LogP contribution in [0.2, 0.25) is 0 Å². The highest BCUT2D eigenvalue weighted by Crippen LogP contribution is 2.27. The van der Waals surface area contributed by atoms with Gasteiger partial charge in [0.25, 0.3) is 0 Å². The molecule has 6 atom stereocenters. The zero-order valence-electron chi connectivity index (χ0n) is 53.6. The second-order valence-corrected chi connectivity index (χ2v) is 22.7. The normalized spacial score (nSPS) is 18.2. The van der Waals surface area contributed by atoms with Gasteiger partial charge in [-0.3, -0.25) is 14.4 Å². The van der Waals surface area contributed by atoms with Gasteiger partial charge in [-0.15, -0.1) is 0 Å². The lowest BCUT2D eigenvalue weighted by Crippen LogP contribution is -2.61. The van der Waals surface area contributed by atoms with Crippen molar-refractivity contribution < 1.29 is 58.2 Å². The number of aliphatic carboxylic acids is 1. The Morgan fingerprint density at radius 2 is 0.741 bits per heavy atom. The van der Waals surface area contributed by atoms with Crippen LogP contribution in [0.5, 0.6) is 0 Å². The molecule has 0 radical (unpaired) electrons. The summed E-state index contributed by atoms with van der Waals surface area (Å²) in [6.07, 6.45) is 68.9. The highest BCUT2D eigenvalue weighted by molar-refractivity contribution is 5.74. The van der Waals surface area contributed by atoms with Crippen molar-refractivity contribution in [1.29, 1.82) is 0 Å². The number of aliphatic hydroxyl groups excluding tert-OH is 2. The molecule has 1 aliphatic rings. The van der Waals surface area contributed by atoms with Crippen LogP contribution >= 0.6 is 0 Å². The zero-order chi connectivity index (χ0) is 61.7. The number of rotatable bonds is 57. The molecule has 12 nitrogen and oxygen atoms in total. The van der Waals surface area contributed by atoms with Crippen molar-refractivity contribution in [2.45, 2.75) is 314 Å². The first-order valence-electron chi connectivity index (χ1n) is 33.9. The van der Waals surface area contributed by atoms with E-state index in [1.54, 1.807) is 0 Å². The number of ether oxygens (including phenoxy) is 5. The van der Waals surface area contributed by atoms with Crippen LogP contribution in [0.15, 0.2) is 109 Å². The van der Waals surface area contributed by atoms with E-state index in [0.717, 1.165) is 148 Å². The molecule has 1 rings (SSSR count). The van der Waals surface area contributed by atoms with E-state index in [9.17, 15) is 34.5 Å². The van der Waals surface area contributed by atoms with Crippen molar-refractivity contribution in [3.8, 4) is 0 Å². The van der Waals surface area contributed by atoms with E-state index in [0.29, 0.717) is 19.3 Å². The number of carboxylic acid groups (broad SMARTS) is 1. The summed E-state index contributed by atoms with van der Waals surface area (Å²) in [6, 6.07) is 0. The number of carbonyl (C=O) groups excluding carboxylic acids is 3. The third-order valence-corrected chi connectivity index (χ3v) is 14.8. The third kappa shape index (κ3) is 49.1. The van der Waals surface area contributed by atoms with E-state index in [4.69, 9.17) is 23.7 Å². The zero-order valence-corrected chi connectivity index (χ0v) is 53.6. The summed E-state index contributed by atoms with van der Waals surface area (Å²) in [7, 11) is 0. The van der Waals surface area contributed by atoms with Crippen LogP contribution in [-0.2, 0) is 42.9 Å². The molecule has 3 N–H and O–H groups in total. The second-order valence-electron chi connectivity index (χ2n) is 22.7. The summed E-state index contributed by atoms with van der Waals surface area (Å²) in [5.74, 6) is -3.18. The highest BCUT2D eigenvalue weighted by atomic mass is 16.7. The number of esters is 3. The Morgan fingerprint density at radius 3 is 1.14 bits per heavy atom. The van der Waals surface area contributed by atoms with Gasteiger partial charge in [-0.05, 0) is 128 Å². The van der Waals surface area contributed by atoms with Crippen LogP contribution in [0, 0.1) is 0 Å². The summed E-state index contributed by atoms with van der Waals surface area (Å²) < 4.78 is 28.5. The molecule has 1 saturated heterocycles. The summed E-state index contributed by atoms with van der Waals surface area (Å²) in [6.45, 7) is 5.82. The van der Waals surface area contributed by atoms with Crippen molar-refractivity contribution in [1.82, 2.24) is 0 Å². The maximum Gasteiger partial charge on any atom is 0.335 e. The molecular weight excluding hydrogens is 1070 g/mol. The van der Waals surface area contributed by atoms with E-state index in [-0.39, 0.29) is 25.9 Å². The van der Waals surface area contributed by atoms with Gasteiger partial charge in [0.05, 0.1) is 6.61 Å². The van der Waals surface area contributed by atoms with E-state index >= 15 is 0 Å². The smallest absolute Gasteiger partial charge is 0.335 e. The Hall–Kier alpha value is -4.62. The summed E-state index contributed by atoms with van der Waals surface area (Å²) in [5, 5.41) is 31.6. The molecule has 484 valence electrons. The molecule has 1 heterocycles. The predicted molar refractivity (Wildman–Crippen MR) is 349 cm³/mol. The van der Waals surface area contributed by atoms with Crippen LogP contribution in [-0.4, -0.2) is 89.2 Å². The molecule has 1 fully saturated rings. The van der Waals surface area contributed by atoms with Gasteiger partial charge in [0.15, 0.2) is 24.6 Å². The minimum atomic E-state index is -1.92. The van der Waals surface area contributed by atoms with Gasteiger partial charge in [-0.25, -0.2) is 4.79 Å². The average molecular weight is 1190 g/mol. The fraction of sp³-hybridized carbons (Fsp3) is 0.699. The maximum absolute atomic E-state index is 13.2. The first kappa shape index (κ1) is 78.4. The van der Waals surface area contributed by atoms with E-state index in [1.165, 1.54) is 70.6 Å². The van der Waals surface area contributed by atoms with Gasteiger partial charge in [-0.2, -0.15) is 0 Å². The molecule has 0 aromatic carbocycles. The van der Waals surface area contributed by atoms with Gasteiger partial charge in [-0.1, -0.05) is 239 Å². The quantitative estimate of drug-likeness (QED) is 0.0228. The van der Waals surface area contributed by atoms with Crippen molar-refractivity contribution in [3.05, 3.63) is 109 Å². The number of carboxylic acids is 1. The average Bonchev–Trinajstić information content (AvgIpc) is 3.46. The summed E-state index contributed by atoms with van der Waals surface area (Å²) >= 11 is 0. The summed E-state index contributed by atoms with van der Waals surface area (Å²) in [5.41, 5.74) is 0. The number of unbranched alkanes of at least 4 members (excludes halogenated alkanes) is 25. The molecule has 0 aliphatic carbocycles. The molecule has 12 heteroatoms. The van der Waals surface area contributed by atoms with E-state index in [2.05, 4.69) is 130 Å². The standard InChI is InChI=1S/C73H120O12/c1-4-7-10-13-16-19-22-25-28-31-33-36-38-41-44-47-50-53-56-59-65(74)81-62-64(83-66(75)60-57-54-51-48-45-42-40-37-34-32-29-26-23-20-17-14-11-8-5-2)63-82-73-71(69(78)68(77)70(85-73)72(79)80)84-67(76)61-58-55-52-49-46-43-39-35-30-27-24-21-18-15-12-9-6-3/h7,10,16-21,25-30,33,36,41,44,64,68-71,73,77-78H,4-6,8-9,11-15,22-24,31-32,34-35,37-40,42-43,45-63H2,1-3H3,(H,79,80)/b10-7-,19-16-,20-17-,21-18-,28-25-,29-26-,30-27-,36-33-,44-41-.